The second-order valence-electron chi connectivity index (χ2n) is 8.21. The minimum Gasteiger partial charge on any atom is -0.447 e. The molecule has 0 radical (unpaired) electrons. The molecule has 3 aromatic rings. The lowest BCUT2D eigenvalue weighted by Gasteiger charge is -2.25. The van der Waals surface area contributed by atoms with Crippen LogP contribution in [0.25, 0.3) is 5.78 Å². The lowest BCUT2D eigenvalue weighted by molar-refractivity contribution is -0.123. The molecule has 1 saturated heterocycles. The molecule has 1 amide bonds. The Labute approximate surface area is 197 Å². The van der Waals surface area contributed by atoms with Crippen molar-refractivity contribution in [1.29, 1.82) is 0 Å². The van der Waals surface area contributed by atoms with E-state index in [0.717, 1.165) is 30.7 Å². The molecule has 0 unspecified atom stereocenters. The number of piperidine rings is 1. The first-order valence-corrected chi connectivity index (χ1v) is 12.4. The maximum Gasteiger partial charge on any atom is 0.379 e. The molecule has 0 aliphatic carbocycles. The number of amides is 1. The molecule has 2 aromatic heterocycles. The Bertz CT molecular complexity index is 1330. The van der Waals surface area contributed by atoms with E-state index in [-0.39, 0.29) is 16.5 Å². The minimum absolute atomic E-state index is 0.170. The number of carbonyl (C=O) groups is 2. The molecular formula is C22H26N6O5S. The molecule has 34 heavy (non-hydrogen) atoms. The number of hydrogen-bond donors (Lipinski definition) is 1. The molecule has 0 saturated carbocycles. The van der Waals surface area contributed by atoms with Crippen LogP contribution in [0.3, 0.4) is 0 Å². The Morgan fingerprint density at radius 3 is 2.41 bits per heavy atom. The quantitative estimate of drug-likeness (QED) is 0.523. The third-order valence-electron chi connectivity index (χ3n) is 5.53. The molecule has 4 rings (SSSR count). The highest BCUT2D eigenvalue weighted by Crippen LogP contribution is 2.22. The van der Waals surface area contributed by atoms with Gasteiger partial charge < -0.3 is 10.1 Å². The zero-order valence-corrected chi connectivity index (χ0v) is 20.0. The van der Waals surface area contributed by atoms with Crippen LogP contribution in [0.5, 0.6) is 0 Å². The van der Waals surface area contributed by atoms with Crippen LogP contribution in [0, 0.1) is 13.8 Å². The molecule has 1 fully saturated rings. The van der Waals surface area contributed by atoms with E-state index in [4.69, 9.17) is 4.74 Å². The first kappa shape index (κ1) is 23.8. The van der Waals surface area contributed by atoms with Crippen molar-refractivity contribution >= 4 is 33.4 Å². The first-order valence-electron chi connectivity index (χ1n) is 11.0. The second kappa shape index (κ2) is 9.47. The van der Waals surface area contributed by atoms with E-state index in [1.807, 2.05) is 13.8 Å². The molecule has 1 N–H and O–H groups in total. The summed E-state index contributed by atoms with van der Waals surface area (Å²) < 4.78 is 33.6. The summed E-state index contributed by atoms with van der Waals surface area (Å²) in [5, 5.41) is 6.71. The van der Waals surface area contributed by atoms with Gasteiger partial charge in [-0.3, -0.25) is 4.79 Å². The predicted octanol–water partition coefficient (Wildman–Crippen LogP) is 2.10. The molecule has 1 aliphatic heterocycles. The summed E-state index contributed by atoms with van der Waals surface area (Å²) in [7, 11) is -3.56. The molecule has 1 aliphatic rings. The Balaban J connectivity index is 1.38. The number of carbonyl (C=O) groups excluding carboxylic acids is 2. The van der Waals surface area contributed by atoms with E-state index in [1.165, 1.54) is 40.0 Å². The number of esters is 1. The van der Waals surface area contributed by atoms with Crippen LogP contribution in [0.1, 0.15) is 48.2 Å². The van der Waals surface area contributed by atoms with Crippen molar-refractivity contribution < 1.29 is 22.7 Å². The first-order chi connectivity index (χ1) is 16.1. The fourth-order valence-corrected chi connectivity index (χ4v) is 5.25. The smallest absolute Gasteiger partial charge is 0.379 e. The number of aromatic nitrogens is 4. The van der Waals surface area contributed by atoms with Gasteiger partial charge in [0, 0.05) is 30.2 Å². The van der Waals surface area contributed by atoms with Crippen LogP contribution in [-0.4, -0.2) is 63.4 Å². The Morgan fingerprint density at radius 2 is 1.74 bits per heavy atom. The van der Waals surface area contributed by atoms with E-state index in [0.29, 0.717) is 18.8 Å². The van der Waals surface area contributed by atoms with Gasteiger partial charge in [-0.1, -0.05) is 6.42 Å². The van der Waals surface area contributed by atoms with Gasteiger partial charge in [0.05, 0.1) is 4.90 Å². The monoisotopic (exact) mass is 486 g/mol. The van der Waals surface area contributed by atoms with Crippen molar-refractivity contribution in [3.05, 3.63) is 47.5 Å². The second-order valence-corrected chi connectivity index (χ2v) is 10.1. The molecule has 0 bridgehead atoms. The van der Waals surface area contributed by atoms with Crippen LogP contribution in [0.2, 0.25) is 0 Å². The summed E-state index contributed by atoms with van der Waals surface area (Å²) in [6, 6.07) is 7.71. The zero-order chi connectivity index (χ0) is 24.5. The predicted molar refractivity (Wildman–Crippen MR) is 123 cm³/mol. The minimum atomic E-state index is -3.56. The zero-order valence-electron chi connectivity index (χ0n) is 19.2. The highest BCUT2D eigenvalue weighted by atomic mass is 32.2. The van der Waals surface area contributed by atoms with Crippen molar-refractivity contribution in [2.45, 2.75) is 51.0 Å². The van der Waals surface area contributed by atoms with Gasteiger partial charge in [0.1, 0.15) is 0 Å². The van der Waals surface area contributed by atoms with Crippen molar-refractivity contribution in [2.75, 3.05) is 18.4 Å². The van der Waals surface area contributed by atoms with Crippen molar-refractivity contribution in [3.63, 3.8) is 0 Å². The van der Waals surface area contributed by atoms with Gasteiger partial charge in [-0.2, -0.15) is 9.29 Å². The number of fused-ring (bicyclic) bond motifs is 1. The lowest BCUT2D eigenvalue weighted by atomic mass is 10.2. The molecule has 1 atom stereocenters. The van der Waals surface area contributed by atoms with E-state index in [1.54, 1.807) is 6.07 Å². The largest absolute Gasteiger partial charge is 0.447 e. The van der Waals surface area contributed by atoms with Crippen LogP contribution >= 0.6 is 0 Å². The molecular weight excluding hydrogens is 460 g/mol. The van der Waals surface area contributed by atoms with Crippen LogP contribution < -0.4 is 5.32 Å². The van der Waals surface area contributed by atoms with Gasteiger partial charge in [0.25, 0.3) is 17.5 Å². The fourth-order valence-electron chi connectivity index (χ4n) is 3.73. The summed E-state index contributed by atoms with van der Waals surface area (Å²) in [6.07, 6.45) is 1.60. The average Bonchev–Trinajstić information content (AvgIpc) is 3.24. The van der Waals surface area contributed by atoms with Crippen LogP contribution in [0.4, 0.5) is 5.69 Å². The van der Waals surface area contributed by atoms with E-state index < -0.39 is 28.0 Å². The maximum atomic E-state index is 12.8. The van der Waals surface area contributed by atoms with Gasteiger partial charge in [-0.15, -0.1) is 5.10 Å². The van der Waals surface area contributed by atoms with Gasteiger partial charge in [-0.25, -0.2) is 22.7 Å². The number of anilines is 1. The van der Waals surface area contributed by atoms with Gasteiger partial charge in [0.2, 0.25) is 10.0 Å². The van der Waals surface area contributed by atoms with E-state index >= 15 is 0 Å². The normalized spacial score (nSPS) is 15.7. The molecule has 0 spiro atoms. The van der Waals surface area contributed by atoms with Crippen molar-refractivity contribution in [2.24, 2.45) is 0 Å². The van der Waals surface area contributed by atoms with Gasteiger partial charge in [0.15, 0.2) is 6.10 Å². The highest BCUT2D eigenvalue weighted by Gasteiger charge is 2.26. The number of sulfonamides is 1. The molecule has 12 heteroatoms. The molecule has 11 nitrogen and oxygen atoms in total. The third-order valence-corrected chi connectivity index (χ3v) is 7.44. The number of nitrogens with one attached hydrogen (secondary N) is 1. The third kappa shape index (κ3) is 4.92. The fraction of sp³-hybridized carbons (Fsp3) is 0.409. The Hall–Kier alpha value is -3.38. The van der Waals surface area contributed by atoms with Crippen LogP contribution in [-0.2, 0) is 19.6 Å². The van der Waals surface area contributed by atoms with Gasteiger partial charge >= 0.3 is 5.97 Å². The standard InChI is InChI=1S/C22H26N6O5S/c1-14-13-15(2)28-22(23-14)25-19(26-28)21(30)33-16(3)20(29)24-17-7-9-18(10-8-17)34(31,32)27-11-5-4-6-12-27/h7-10,13,16H,4-6,11-12H2,1-3H3,(H,24,29)/t16-/m0/s1. The maximum absolute atomic E-state index is 12.8. The number of benzene rings is 1. The lowest BCUT2D eigenvalue weighted by Crippen LogP contribution is -2.35. The summed E-state index contributed by atoms with van der Waals surface area (Å²) in [5.41, 5.74) is 1.87. The number of aryl methyl sites for hydroxylation is 2. The van der Waals surface area contributed by atoms with Crippen molar-refractivity contribution in [3.8, 4) is 0 Å². The number of hydrogen-bond acceptors (Lipinski definition) is 8. The van der Waals surface area contributed by atoms with Gasteiger partial charge in [-0.05, 0) is 63.9 Å². The number of rotatable bonds is 6. The molecule has 1 aromatic carbocycles. The summed E-state index contributed by atoms with van der Waals surface area (Å²) in [5.74, 6) is -1.36. The van der Waals surface area contributed by atoms with Crippen LogP contribution in [0.15, 0.2) is 35.2 Å². The number of nitrogens with zero attached hydrogens (tertiary/aromatic N) is 5. The Morgan fingerprint density at radius 1 is 1.06 bits per heavy atom. The average molecular weight is 487 g/mol. The Kier molecular flexibility index (Phi) is 6.62. The van der Waals surface area contributed by atoms with E-state index in [2.05, 4.69) is 20.4 Å². The summed E-state index contributed by atoms with van der Waals surface area (Å²) in [4.78, 5) is 33.4. The van der Waals surface area contributed by atoms with E-state index in [9.17, 15) is 18.0 Å². The van der Waals surface area contributed by atoms with Crippen molar-refractivity contribution in [1.82, 2.24) is 23.9 Å². The summed E-state index contributed by atoms with van der Waals surface area (Å²) in [6.45, 7) is 6.07. The number of ether oxygens (including phenoxy) is 1. The SMILES string of the molecule is Cc1cc(C)n2nc(C(=O)O[C@@H](C)C(=O)Nc3ccc(S(=O)(=O)N4CCCCC4)cc3)nc2n1. The highest BCUT2D eigenvalue weighted by molar-refractivity contribution is 7.89. The molecule has 180 valence electrons. The topological polar surface area (TPSA) is 136 Å². The molecule has 3 heterocycles. The summed E-state index contributed by atoms with van der Waals surface area (Å²) >= 11 is 0.